The maximum atomic E-state index is 10.6. The van der Waals surface area contributed by atoms with E-state index >= 15 is 0 Å². The summed E-state index contributed by atoms with van der Waals surface area (Å²) in [5.74, 6) is 2.35. The van der Waals surface area contributed by atoms with E-state index in [-0.39, 0.29) is 6.10 Å². The van der Waals surface area contributed by atoms with Gasteiger partial charge < -0.3 is 5.11 Å². The highest BCUT2D eigenvalue weighted by molar-refractivity contribution is 9.10. The first-order valence-electron chi connectivity index (χ1n) is 7.16. The van der Waals surface area contributed by atoms with E-state index in [1.165, 1.54) is 44.9 Å². The highest BCUT2D eigenvalue weighted by atomic mass is 79.9. The SMILES string of the molecule is OC(c1sccc1Br)C1CCC2CCCCC2C1. The third-order valence-electron chi connectivity index (χ3n) is 4.94. The van der Waals surface area contributed by atoms with Gasteiger partial charge in [-0.3, -0.25) is 0 Å². The molecule has 2 aliphatic carbocycles. The summed E-state index contributed by atoms with van der Waals surface area (Å²) in [6, 6.07) is 2.05. The molecule has 100 valence electrons. The third-order valence-corrected chi connectivity index (χ3v) is 6.88. The zero-order valence-electron chi connectivity index (χ0n) is 10.6. The minimum atomic E-state index is -0.248. The van der Waals surface area contributed by atoms with E-state index in [2.05, 4.69) is 27.4 Å². The molecular formula is C15H21BrOS. The molecule has 18 heavy (non-hydrogen) atoms. The molecule has 3 heteroatoms. The van der Waals surface area contributed by atoms with E-state index < -0.39 is 0 Å². The van der Waals surface area contributed by atoms with Gasteiger partial charge in [-0.25, -0.2) is 0 Å². The molecular weight excluding hydrogens is 308 g/mol. The Morgan fingerprint density at radius 3 is 2.67 bits per heavy atom. The second kappa shape index (κ2) is 5.64. The zero-order valence-corrected chi connectivity index (χ0v) is 13.0. The van der Waals surface area contributed by atoms with E-state index in [1.807, 2.05) is 0 Å². The normalized spacial score (nSPS) is 34.0. The van der Waals surface area contributed by atoms with E-state index in [4.69, 9.17) is 0 Å². The second-order valence-electron chi connectivity index (χ2n) is 5.96. The highest BCUT2D eigenvalue weighted by Crippen LogP contribution is 2.47. The Bertz CT molecular complexity index is 403. The van der Waals surface area contributed by atoms with Crippen LogP contribution in [0.2, 0.25) is 0 Å². The molecule has 1 N–H and O–H groups in total. The fourth-order valence-electron chi connectivity index (χ4n) is 3.93. The number of rotatable bonds is 2. The van der Waals surface area contributed by atoms with Gasteiger partial charge in [0.2, 0.25) is 0 Å². The fraction of sp³-hybridized carbons (Fsp3) is 0.733. The lowest BCUT2D eigenvalue weighted by atomic mass is 9.66. The van der Waals surface area contributed by atoms with Gasteiger partial charge in [0.25, 0.3) is 0 Å². The molecule has 0 spiro atoms. The lowest BCUT2D eigenvalue weighted by molar-refractivity contribution is 0.0365. The van der Waals surface area contributed by atoms with Crippen molar-refractivity contribution < 1.29 is 5.11 Å². The molecule has 4 atom stereocenters. The van der Waals surface area contributed by atoms with Crippen molar-refractivity contribution in [3.05, 3.63) is 20.8 Å². The van der Waals surface area contributed by atoms with Gasteiger partial charge in [-0.05, 0) is 64.4 Å². The first kappa shape index (κ1) is 13.1. The van der Waals surface area contributed by atoms with Gasteiger partial charge in [-0.15, -0.1) is 11.3 Å². The number of halogens is 1. The molecule has 4 unspecified atom stereocenters. The fourth-order valence-corrected chi connectivity index (χ4v) is 5.61. The molecule has 0 bridgehead atoms. The standard InChI is InChI=1S/C15H21BrOS/c16-13-7-8-18-15(13)14(17)12-6-5-10-3-1-2-4-11(10)9-12/h7-8,10-12,14,17H,1-6,9H2. The topological polar surface area (TPSA) is 20.2 Å². The molecule has 1 heterocycles. The second-order valence-corrected chi connectivity index (χ2v) is 7.76. The van der Waals surface area contributed by atoms with Gasteiger partial charge in [0.1, 0.15) is 0 Å². The van der Waals surface area contributed by atoms with Crippen LogP contribution in [-0.2, 0) is 0 Å². The maximum Gasteiger partial charge on any atom is 0.0921 e. The first-order valence-corrected chi connectivity index (χ1v) is 8.84. The number of hydrogen-bond acceptors (Lipinski definition) is 2. The molecule has 2 aliphatic rings. The molecule has 0 radical (unpaired) electrons. The summed E-state index contributed by atoms with van der Waals surface area (Å²) in [5, 5.41) is 12.7. The smallest absolute Gasteiger partial charge is 0.0921 e. The lowest BCUT2D eigenvalue weighted by Gasteiger charge is -2.40. The van der Waals surface area contributed by atoms with E-state index in [0.717, 1.165) is 21.2 Å². The summed E-state index contributed by atoms with van der Waals surface area (Å²) >= 11 is 5.24. The quantitative estimate of drug-likeness (QED) is 0.795. The monoisotopic (exact) mass is 328 g/mol. The third kappa shape index (κ3) is 2.54. The molecule has 0 amide bonds. The summed E-state index contributed by atoms with van der Waals surface area (Å²) in [5.41, 5.74) is 0. The molecule has 3 rings (SSSR count). The molecule has 1 aromatic heterocycles. The van der Waals surface area contributed by atoms with E-state index in [0.29, 0.717) is 5.92 Å². The van der Waals surface area contributed by atoms with Crippen molar-refractivity contribution in [2.75, 3.05) is 0 Å². The summed E-state index contributed by atoms with van der Waals surface area (Å²) in [6.07, 6.45) is 9.24. The van der Waals surface area contributed by atoms with Crippen LogP contribution in [0.25, 0.3) is 0 Å². The maximum absolute atomic E-state index is 10.6. The predicted octanol–water partition coefficient (Wildman–Crippen LogP) is 5.15. The summed E-state index contributed by atoms with van der Waals surface area (Å²) in [4.78, 5) is 1.13. The Morgan fingerprint density at radius 1 is 1.17 bits per heavy atom. The van der Waals surface area contributed by atoms with Crippen molar-refractivity contribution >= 4 is 27.3 Å². The van der Waals surface area contributed by atoms with Crippen molar-refractivity contribution in [3.8, 4) is 0 Å². The van der Waals surface area contributed by atoms with Crippen LogP contribution in [0.3, 0.4) is 0 Å². The molecule has 0 saturated heterocycles. The van der Waals surface area contributed by atoms with Gasteiger partial charge >= 0.3 is 0 Å². The van der Waals surface area contributed by atoms with Crippen molar-refractivity contribution in [3.63, 3.8) is 0 Å². The predicted molar refractivity (Wildman–Crippen MR) is 79.8 cm³/mol. The van der Waals surface area contributed by atoms with E-state index in [1.54, 1.807) is 11.3 Å². The number of aliphatic hydroxyl groups is 1. The van der Waals surface area contributed by atoms with Crippen LogP contribution in [0.4, 0.5) is 0 Å². The molecule has 1 nitrogen and oxygen atoms in total. The number of fused-ring (bicyclic) bond motifs is 1. The van der Waals surface area contributed by atoms with Crippen molar-refractivity contribution in [2.45, 2.75) is 51.0 Å². The molecule has 1 aromatic rings. The van der Waals surface area contributed by atoms with Gasteiger partial charge in [-0.2, -0.15) is 0 Å². The Kier molecular flexibility index (Phi) is 4.12. The van der Waals surface area contributed by atoms with Crippen LogP contribution in [0.15, 0.2) is 15.9 Å². The van der Waals surface area contributed by atoms with Crippen LogP contribution in [0.5, 0.6) is 0 Å². The average Bonchev–Trinajstić information content (AvgIpc) is 2.83. The summed E-state index contributed by atoms with van der Waals surface area (Å²) in [7, 11) is 0. The Balaban J connectivity index is 1.68. The van der Waals surface area contributed by atoms with Crippen LogP contribution in [0.1, 0.15) is 55.9 Å². The van der Waals surface area contributed by atoms with E-state index in [9.17, 15) is 5.11 Å². The minimum absolute atomic E-state index is 0.248. The largest absolute Gasteiger partial charge is 0.387 e. The van der Waals surface area contributed by atoms with Gasteiger partial charge in [0.15, 0.2) is 0 Å². The van der Waals surface area contributed by atoms with Crippen molar-refractivity contribution in [1.82, 2.24) is 0 Å². The summed E-state index contributed by atoms with van der Waals surface area (Å²) in [6.45, 7) is 0. The Morgan fingerprint density at radius 2 is 1.94 bits per heavy atom. The minimum Gasteiger partial charge on any atom is -0.387 e. The summed E-state index contributed by atoms with van der Waals surface area (Å²) < 4.78 is 1.09. The number of aliphatic hydroxyl groups excluding tert-OH is 1. The van der Waals surface area contributed by atoms with Crippen molar-refractivity contribution in [1.29, 1.82) is 0 Å². The van der Waals surface area contributed by atoms with Crippen LogP contribution in [0, 0.1) is 17.8 Å². The molecule has 2 fully saturated rings. The van der Waals surface area contributed by atoms with Gasteiger partial charge in [0.05, 0.1) is 6.10 Å². The van der Waals surface area contributed by atoms with Crippen LogP contribution in [-0.4, -0.2) is 5.11 Å². The average molecular weight is 329 g/mol. The molecule has 0 aliphatic heterocycles. The van der Waals surface area contributed by atoms with Gasteiger partial charge in [0, 0.05) is 9.35 Å². The lowest BCUT2D eigenvalue weighted by Crippen LogP contribution is -2.30. The Labute approximate surface area is 122 Å². The zero-order chi connectivity index (χ0) is 12.5. The van der Waals surface area contributed by atoms with Crippen LogP contribution < -0.4 is 0 Å². The number of thiophene rings is 1. The first-order chi connectivity index (χ1) is 8.75. The highest BCUT2D eigenvalue weighted by Gasteiger charge is 2.35. The van der Waals surface area contributed by atoms with Gasteiger partial charge in [-0.1, -0.05) is 25.7 Å². The molecule has 0 aromatic carbocycles. The Hall–Kier alpha value is 0.140. The number of hydrogen-bond donors (Lipinski definition) is 1. The van der Waals surface area contributed by atoms with Crippen molar-refractivity contribution in [2.24, 2.45) is 17.8 Å². The molecule has 2 saturated carbocycles. The van der Waals surface area contributed by atoms with Crippen LogP contribution >= 0.6 is 27.3 Å².